The number of aromatic nitrogens is 5. The van der Waals surface area contributed by atoms with Crippen molar-refractivity contribution in [1.82, 2.24) is 22.8 Å². The van der Waals surface area contributed by atoms with Gasteiger partial charge in [-0.15, -0.1) is 0 Å². The Morgan fingerprint density at radius 1 is 0.189 bits per heavy atom. The van der Waals surface area contributed by atoms with E-state index in [1.54, 1.807) is 0 Å². The minimum atomic E-state index is 0.00794. The van der Waals surface area contributed by atoms with Gasteiger partial charge in [0.2, 0.25) is 0 Å². The van der Waals surface area contributed by atoms with Gasteiger partial charge < -0.3 is 22.8 Å². The maximum Gasteiger partial charge on any atom is 0.0562 e. The summed E-state index contributed by atoms with van der Waals surface area (Å²) < 4.78 is 12.0. The molecule has 20 rings (SSSR count). The molecule has 0 radical (unpaired) electrons. The minimum absolute atomic E-state index is 0.00794. The Hall–Kier alpha value is -11.9. The zero-order valence-corrected chi connectivity index (χ0v) is 53.8. The molecule has 1 aliphatic rings. The number of rotatable bonds is 5. The van der Waals surface area contributed by atoms with E-state index >= 15 is 0 Å². The van der Waals surface area contributed by atoms with Crippen LogP contribution in [0.1, 0.15) is 41.7 Å². The first-order valence-corrected chi connectivity index (χ1v) is 33.1. The van der Waals surface area contributed by atoms with Crippen LogP contribution in [0.3, 0.4) is 0 Å². The van der Waals surface area contributed by atoms with Gasteiger partial charge in [-0.05, 0) is 189 Å². The molecule has 0 aliphatic heterocycles. The van der Waals surface area contributed by atoms with Crippen molar-refractivity contribution in [3.05, 3.63) is 343 Å². The second kappa shape index (κ2) is 21.9. The van der Waals surface area contributed by atoms with Crippen molar-refractivity contribution >= 4 is 109 Å². The normalized spacial score (nSPS) is 12.6. The summed E-state index contributed by atoms with van der Waals surface area (Å²) in [5.74, 6) is 0. The third-order valence-electron chi connectivity index (χ3n) is 20.1. The lowest BCUT2D eigenvalue weighted by atomic mass is 9.82. The number of fused-ring (bicyclic) bond motifs is 18. The molecule has 95 heavy (non-hydrogen) atoms. The number of para-hydroxylation sites is 7. The molecule has 0 saturated carbocycles. The molecule has 452 valence electrons. The van der Waals surface area contributed by atoms with Gasteiger partial charge in [-0.25, -0.2) is 0 Å². The second-order valence-corrected chi connectivity index (χ2v) is 26.3. The Bertz CT molecular complexity index is 6220. The first-order chi connectivity index (χ1) is 46.6. The van der Waals surface area contributed by atoms with Gasteiger partial charge >= 0.3 is 0 Å². The van der Waals surface area contributed by atoms with Crippen LogP contribution in [0.4, 0.5) is 0 Å². The van der Waals surface area contributed by atoms with Crippen molar-refractivity contribution < 1.29 is 0 Å². The monoisotopic (exact) mass is 1220 g/mol. The molecule has 0 saturated heterocycles. The van der Waals surface area contributed by atoms with Crippen LogP contribution in [0.5, 0.6) is 0 Å². The summed E-state index contributed by atoms with van der Waals surface area (Å²) in [7, 11) is 0. The molecule has 0 amide bonds. The zero-order valence-electron chi connectivity index (χ0n) is 53.8. The molecule has 0 unspecified atom stereocenters. The van der Waals surface area contributed by atoms with E-state index in [9.17, 15) is 0 Å². The van der Waals surface area contributed by atoms with Gasteiger partial charge in [0.25, 0.3) is 0 Å². The van der Waals surface area contributed by atoms with Crippen LogP contribution in [-0.4, -0.2) is 22.8 Å². The summed E-state index contributed by atoms with van der Waals surface area (Å²) in [5, 5.41) is 13.0. The molecule has 14 aromatic carbocycles. The van der Waals surface area contributed by atoms with Gasteiger partial charge in [0, 0.05) is 87.7 Å². The van der Waals surface area contributed by atoms with E-state index in [2.05, 4.69) is 373 Å². The van der Waals surface area contributed by atoms with E-state index in [0.29, 0.717) is 0 Å². The first-order valence-electron chi connectivity index (χ1n) is 33.1. The fraction of sp³-hybridized carbons (Fsp3) is 0.0667. The number of hydrogen-bond donors (Lipinski definition) is 0. The Balaban J connectivity index is 0.000000105. The molecule has 0 fully saturated rings. The van der Waals surface area contributed by atoms with Crippen LogP contribution in [0, 0.1) is 20.8 Å². The van der Waals surface area contributed by atoms with Crippen molar-refractivity contribution in [3.63, 3.8) is 0 Å². The molecule has 5 nitrogen and oxygen atoms in total. The lowest BCUT2D eigenvalue weighted by Gasteiger charge is -2.21. The van der Waals surface area contributed by atoms with Crippen LogP contribution in [-0.2, 0) is 5.41 Å². The smallest absolute Gasteiger partial charge is 0.0562 e. The zero-order chi connectivity index (χ0) is 63.6. The lowest BCUT2D eigenvalue weighted by molar-refractivity contribution is 0.661. The van der Waals surface area contributed by atoms with E-state index in [-0.39, 0.29) is 5.41 Å². The van der Waals surface area contributed by atoms with E-state index in [1.807, 2.05) is 0 Å². The maximum absolute atomic E-state index is 2.44. The lowest BCUT2D eigenvalue weighted by Crippen LogP contribution is -2.14. The molecule has 0 atom stereocenters. The van der Waals surface area contributed by atoms with Gasteiger partial charge in [-0.1, -0.05) is 200 Å². The molecule has 0 N–H and O–H groups in total. The van der Waals surface area contributed by atoms with Crippen LogP contribution in [0.2, 0.25) is 0 Å². The average Bonchev–Trinajstić information content (AvgIpc) is 1.57. The van der Waals surface area contributed by atoms with Crippen LogP contribution in [0.25, 0.3) is 149 Å². The summed E-state index contributed by atoms with van der Waals surface area (Å²) >= 11 is 0. The van der Waals surface area contributed by atoms with Crippen LogP contribution < -0.4 is 0 Å². The highest BCUT2D eigenvalue weighted by atomic mass is 15.0. The third-order valence-corrected chi connectivity index (χ3v) is 20.1. The molecular weight excluding hydrogens is 1150 g/mol. The van der Waals surface area contributed by atoms with E-state index in [4.69, 9.17) is 0 Å². The Morgan fingerprint density at radius 3 is 0.884 bits per heavy atom. The highest BCUT2D eigenvalue weighted by Gasteiger charge is 2.36. The Morgan fingerprint density at radius 2 is 0.474 bits per heavy atom. The van der Waals surface area contributed by atoms with Gasteiger partial charge in [-0.2, -0.15) is 0 Å². The van der Waals surface area contributed by atoms with Crippen molar-refractivity contribution in [3.8, 4) is 39.6 Å². The molecule has 0 spiro atoms. The summed E-state index contributed by atoms with van der Waals surface area (Å²) in [5.41, 5.74) is 27.9. The minimum Gasteiger partial charge on any atom is -0.309 e. The van der Waals surface area contributed by atoms with E-state index in [1.165, 1.54) is 176 Å². The van der Waals surface area contributed by atoms with E-state index < -0.39 is 0 Å². The summed E-state index contributed by atoms with van der Waals surface area (Å²) in [4.78, 5) is 0. The Labute approximate surface area is 551 Å². The molecule has 1 aliphatic carbocycles. The molecule has 5 aromatic heterocycles. The molecule has 19 aromatic rings. The Kier molecular flexibility index (Phi) is 12.9. The van der Waals surface area contributed by atoms with Gasteiger partial charge in [-0.3, -0.25) is 0 Å². The quantitative estimate of drug-likeness (QED) is 0.164. The third kappa shape index (κ3) is 8.84. The predicted molar refractivity (Wildman–Crippen MR) is 403 cm³/mol. The van der Waals surface area contributed by atoms with Crippen molar-refractivity contribution in [2.24, 2.45) is 0 Å². The predicted octanol–water partition coefficient (Wildman–Crippen LogP) is 23.8. The molecule has 5 heterocycles. The van der Waals surface area contributed by atoms with Crippen molar-refractivity contribution in [2.75, 3.05) is 0 Å². The van der Waals surface area contributed by atoms with Gasteiger partial charge in [0.15, 0.2) is 0 Å². The number of aryl methyl sites for hydroxylation is 3. The second-order valence-electron chi connectivity index (χ2n) is 26.3. The summed E-state index contributed by atoms with van der Waals surface area (Å²) in [6.07, 6.45) is 0. The van der Waals surface area contributed by atoms with Crippen LogP contribution in [0.15, 0.2) is 315 Å². The number of nitrogens with zero attached hydrogens (tertiary/aromatic N) is 5. The fourth-order valence-corrected chi connectivity index (χ4v) is 15.8. The highest BCUT2D eigenvalue weighted by molar-refractivity contribution is 6.21. The molecular formula is C90H67N5. The fourth-order valence-electron chi connectivity index (χ4n) is 15.8. The number of hydrogen-bond acceptors (Lipinski definition) is 0. The van der Waals surface area contributed by atoms with E-state index in [0.717, 1.165) is 0 Å². The van der Waals surface area contributed by atoms with Crippen molar-refractivity contribution in [1.29, 1.82) is 0 Å². The van der Waals surface area contributed by atoms with Gasteiger partial charge in [0.1, 0.15) is 0 Å². The first kappa shape index (κ1) is 55.9. The standard InChI is InChI=1S/2C31H22N2.C28H23N/c1-21-16-17-29-25(18-21)27-20-30-26(19-31(27)33(29)23-12-6-3-7-13-23)24-14-8-9-15-28(24)32(30)22-10-4-2-5-11-22;1-21-16-17-29-25(18-21)27-19-26-24-14-8-9-15-28(24)32(22-10-4-2-5-11-22)30(26)20-31(27)33(29)23-12-6-3-7-13-23;1-18-13-14-26-22(15-18)23-16-21-20-11-7-8-12-24(20)28(2,3)25(21)17-27(23)29(26)19-9-5-4-6-10-19/h2*2-20H,1H3;4-17H,1-3H3. The summed E-state index contributed by atoms with van der Waals surface area (Å²) in [6, 6.07) is 115. The average molecular weight is 1220 g/mol. The van der Waals surface area contributed by atoms with Crippen LogP contribution >= 0.6 is 0 Å². The number of benzene rings is 14. The molecule has 0 bridgehead atoms. The topological polar surface area (TPSA) is 24.6 Å². The maximum atomic E-state index is 2.44. The van der Waals surface area contributed by atoms with Crippen molar-refractivity contribution in [2.45, 2.75) is 40.0 Å². The molecule has 5 heteroatoms. The SMILES string of the molecule is Cc1ccc2c(c1)c1cc3c(cc1n2-c1ccccc1)C(C)(C)c1ccccc1-3.Cc1ccc2c(c1)c1cc3c(cc1n2-c1ccccc1)c1ccccc1n3-c1ccccc1.Cc1ccc2c(c1)c1cc3c4ccccc4n(-c4ccccc4)c3cc1n2-c1ccccc1. The largest absolute Gasteiger partial charge is 0.309 e. The highest BCUT2D eigenvalue weighted by Crippen LogP contribution is 2.51. The van der Waals surface area contributed by atoms with Gasteiger partial charge in [0.05, 0.1) is 55.2 Å². The summed E-state index contributed by atoms with van der Waals surface area (Å²) in [6.45, 7) is 11.2.